The van der Waals surface area contributed by atoms with Crippen molar-refractivity contribution in [3.8, 4) is 0 Å². The van der Waals surface area contributed by atoms with Crippen LogP contribution in [0.1, 0.15) is 30.1 Å². The lowest BCUT2D eigenvalue weighted by Crippen LogP contribution is -2.25. The highest BCUT2D eigenvalue weighted by Gasteiger charge is 2.11. The van der Waals surface area contributed by atoms with Crippen LogP contribution in [0.5, 0.6) is 0 Å². The number of benzene rings is 2. The Bertz CT molecular complexity index is 812. The molecule has 0 aromatic heterocycles. The third-order valence-corrected chi connectivity index (χ3v) is 4.54. The molecular weight excluding hydrogens is 397 g/mol. The summed E-state index contributed by atoms with van der Waals surface area (Å²) in [6, 6.07) is 8.90. The first-order valence-corrected chi connectivity index (χ1v) is 9.15. The van der Waals surface area contributed by atoms with Gasteiger partial charge in [-0.15, -0.1) is 0 Å². The van der Waals surface area contributed by atoms with E-state index in [1.807, 2.05) is 6.92 Å². The van der Waals surface area contributed by atoms with Gasteiger partial charge >= 0.3 is 6.03 Å². The number of nitrogens with one attached hydrogen (secondary N) is 3. The number of anilines is 2. The average Bonchev–Trinajstić information content (AvgIpc) is 2.60. The third kappa shape index (κ3) is 5.80. The van der Waals surface area contributed by atoms with E-state index in [2.05, 4.69) is 16.0 Å². The molecule has 26 heavy (non-hydrogen) atoms. The molecule has 0 atom stereocenters. The van der Waals surface area contributed by atoms with E-state index >= 15 is 0 Å². The van der Waals surface area contributed by atoms with Crippen LogP contribution in [-0.2, 0) is 0 Å². The molecule has 5 nitrogen and oxygen atoms in total. The molecule has 0 radical (unpaired) electrons. The summed E-state index contributed by atoms with van der Waals surface area (Å²) in [5, 5.41) is 9.09. The lowest BCUT2D eigenvalue weighted by atomic mass is 10.2. The Morgan fingerprint density at radius 2 is 1.65 bits per heavy atom. The fraction of sp³-hybridized carbons (Fsp3) is 0.222. The molecule has 8 heteroatoms. The molecule has 0 saturated heterocycles. The number of hydrogen-bond acceptors (Lipinski definition) is 2. The number of rotatable bonds is 6. The van der Waals surface area contributed by atoms with Crippen molar-refractivity contribution < 1.29 is 9.59 Å². The number of unbranched alkanes of at least 4 members (excludes halogenated alkanes) is 1. The Kier molecular flexibility index (Phi) is 7.57. The molecule has 0 spiro atoms. The minimum Gasteiger partial charge on any atom is -0.352 e. The maximum absolute atomic E-state index is 12.2. The molecule has 2 aromatic rings. The first-order valence-electron chi connectivity index (χ1n) is 8.01. The molecule has 0 bridgehead atoms. The first-order chi connectivity index (χ1) is 12.4. The van der Waals surface area contributed by atoms with Crippen LogP contribution in [0.15, 0.2) is 36.4 Å². The Hall–Kier alpha value is -1.95. The molecule has 138 valence electrons. The van der Waals surface area contributed by atoms with Crippen molar-refractivity contribution in [3.05, 3.63) is 57.0 Å². The van der Waals surface area contributed by atoms with Crippen molar-refractivity contribution >= 4 is 58.1 Å². The first kappa shape index (κ1) is 20.4. The van der Waals surface area contributed by atoms with E-state index in [0.29, 0.717) is 38.6 Å². The van der Waals surface area contributed by atoms with E-state index in [-0.39, 0.29) is 5.91 Å². The molecular formula is C18H18Cl3N3O2. The van der Waals surface area contributed by atoms with Crippen molar-refractivity contribution in [2.45, 2.75) is 19.8 Å². The molecule has 3 amide bonds. The van der Waals surface area contributed by atoms with Crippen molar-refractivity contribution in [1.82, 2.24) is 5.32 Å². The van der Waals surface area contributed by atoms with Gasteiger partial charge < -0.3 is 16.0 Å². The topological polar surface area (TPSA) is 70.2 Å². The van der Waals surface area contributed by atoms with Gasteiger partial charge in [-0.1, -0.05) is 48.1 Å². The monoisotopic (exact) mass is 413 g/mol. The minimum atomic E-state index is -0.520. The normalized spacial score (nSPS) is 10.3. The second kappa shape index (κ2) is 9.67. The Morgan fingerprint density at radius 3 is 2.35 bits per heavy atom. The molecule has 3 N–H and O–H groups in total. The van der Waals surface area contributed by atoms with Crippen molar-refractivity contribution in [3.63, 3.8) is 0 Å². The Labute approximate surface area is 167 Å². The maximum atomic E-state index is 12.2. The summed E-state index contributed by atoms with van der Waals surface area (Å²) in [6.07, 6.45) is 1.89. The number of amides is 3. The molecule has 0 fully saturated rings. The van der Waals surface area contributed by atoms with Gasteiger partial charge in [0.15, 0.2) is 0 Å². The maximum Gasteiger partial charge on any atom is 0.323 e. The summed E-state index contributed by atoms with van der Waals surface area (Å²) in [7, 11) is 0. The number of halogens is 3. The summed E-state index contributed by atoms with van der Waals surface area (Å²) >= 11 is 17.9. The van der Waals surface area contributed by atoms with Gasteiger partial charge in [0.25, 0.3) is 5.91 Å². The van der Waals surface area contributed by atoms with E-state index in [1.165, 1.54) is 12.1 Å². The SMILES string of the molecule is CCCCNC(=O)c1ccc(Cl)c(NC(=O)Nc2ccc(Cl)c(Cl)c2)c1. The van der Waals surface area contributed by atoms with Gasteiger partial charge in [-0.3, -0.25) is 4.79 Å². The van der Waals surface area contributed by atoms with Gasteiger partial charge in [-0.2, -0.15) is 0 Å². The smallest absolute Gasteiger partial charge is 0.323 e. The molecule has 0 aliphatic heterocycles. The van der Waals surface area contributed by atoms with Crippen LogP contribution in [-0.4, -0.2) is 18.5 Å². The summed E-state index contributed by atoms with van der Waals surface area (Å²) in [5.74, 6) is -0.219. The quantitative estimate of drug-likeness (QED) is 0.521. The lowest BCUT2D eigenvalue weighted by molar-refractivity contribution is 0.0953. The van der Waals surface area contributed by atoms with Crippen LogP contribution in [0.4, 0.5) is 16.2 Å². The van der Waals surface area contributed by atoms with E-state index < -0.39 is 6.03 Å². The van der Waals surface area contributed by atoms with Crippen LogP contribution in [0.25, 0.3) is 0 Å². The zero-order valence-electron chi connectivity index (χ0n) is 14.0. The number of carbonyl (C=O) groups is 2. The second-order valence-electron chi connectivity index (χ2n) is 5.51. The molecule has 0 unspecified atom stereocenters. The summed E-state index contributed by atoms with van der Waals surface area (Å²) in [5.41, 5.74) is 1.21. The minimum absolute atomic E-state index is 0.219. The Balaban J connectivity index is 2.05. The second-order valence-corrected chi connectivity index (χ2v) is 6.73. The van der Waals surface area contributed by atoms with E-state index in [1.54, 1.807) is 24.3 Å². The lowest BCUT2D eigenvalue weighted by Gasteiger charge is -2.11. The van der Waals surface area contributed by atoms with Crippen LogP contribution in [0.2, 0.25) is 15.1 Å². The zero-order chi connectivity index (χ0) is 19.1. The number of carbonyl (C=O) groups excluding carboxylic acids is 2. The van der Waals surface area contributed by atoms with E-state index in [0.717, 1.165) is 12.8 Å². The van der Waals surface area contributed by atoms with Gasteiger partial charge in [0.2, 0.25) is 0 Å². The molecule has 0 aliphatic carbocycles. The molecule has 0 heterocycles. The molecule has 0 saturated carbocycles. The molecule has 2 aromatic carbocycles. The fourth-order valence-corrected chi connectivity index (χ4v) is 2.56. The molecule has 0 aliphatic rings. The fourth-order valence-electron chi connectivity index (χ4n) is 2.10. The Morgan fingerprint density at radius 1 is 0.923 bits per heavy atom. The highest BCUT2D eigenvalue weighted by atomic mass is 35.5. The van der Waals surface area contributed by atoms with Crippen molar-refractivity contribution in [2.75, 3.05) is 17.2 Å². The van der Waals surface area contributed by atoms with Gasteiger partial charge in [0, 0.05) is 17.8 Å². The standard InChI is InChI=1S/C18H18Cl3N3O2/c1-2-3-8-22-17(25)11-4-6-14(20)16(9-11)24-18(26)23-12-5-7-13(19)15(21)10-12/h4-7,9-10H,2-3,8H2,1H3,(H,22,25)(H2,23,24,26). The van der Waals surface area contributed by atoms with Crippen LogP contribution < -0.4 is 16.0 Å². The summed E-state index contributed by atoms with van der Waals surface area (Å²) in [6.45, 7) is 2.64. The van der Waals surface area contributed by atoms with Crippen LogP contribution >= 0.6 is 34.8 Å². The zero-order valence-corrected chi connectivity index (χ0v) is 16.3. The van der Waals surface area contributed by atoms with Crippen LogP contribution in [0.3, 0.4) is 0 Å². The van der Waals surface area contributed by atoms with Crippen molar-refractivity contribution in [1.29, 1.82) is 0 Å². The largest absolute Gasteiger partial charge is 0.352 e. The van der Waals surface area contributed by atoms with Crippen molar-refractivity contribution in [2.24, 2.45) is 0 Å². The van der Waals surface area contributed by atoms with E-state index in [9.17, 15) is 9.59 Å². The predicted octanol–water partition coefficient (Wildman–Crippen LogP) is 5.82. The number of hydrogen-bond donors (Lipinski definition) is 3. The molecule has 2 rings (SSSR count). The predicted molar refractivity (Wildman–Crippen MR) is 108 cm³/mol. The number of urea groups is 1. The van der Waals surface area contributed by atoms with Gasteiger partial charge in [-0.25, -0.2) is 4.79 Å². The van der Waals surface area contributed by atoms with Crippen LogP contribution in [0, 0.1) is 0 Å². The van der Waals surface area contributed by atoms with Gasteiger partial charge in [0.1, 0.15) is 0 Å². The van der Waals surface area contributed by atoms with Gasteiger partial charge in [-0.05, 0) is 42.8 Å². The highest BCUT2D eigenvalue weighted by molar-refractivity contribution is 6.42. The summed E-state index contributed by atoms with van der Waals surface area (Å²) < 4.78 is 0. The van der Waals surface area contributed by atoms with E-state index in [4.69, 9.17) is 34.8 Å². The summed E-state index contributed by atoms with van der Waals surface area (Å²) in [4.78, 5) is 24.3. The van der Waals surface area contributed by atoms with Gasteiger partial charge in [0.05, 0.1) is 20.8 Å². The third-order valence-electron chi connectivity index (χ3n) is 3.47. The highest BCUT2D eigenvalue weighted by Crippen LogP contribution is 2.26. The average molecular weight is 415 g/mol.